The fourth-order valence-electron chi connectivity index (χ4n) is 2.99. The molecule has 0 bridgehead atoms. The molecule has 0 N–H and O–H groups in total. The third kappa shape index (κ3) is 7.08. The van der Waals surface area contributed by atoms with Crippen LogP contribution in [0.5, 0.6) is 0 Å². The summed E-state index contributed by atoms with van der Waals surface area (Å²) in [5, 5.41) is 0. The molecule has 120 valence electrons. The van der Waals surface area contributed by atoms with E-state index in [9.17, 15) is 0 Å². The summed E-state index contributed by atoms with van der Waals surface area (Å²) in [5.74, 6) is 0. The smallest absolute Gasteiger partial charge is 0.158 e. The van der Waals surface area contributed by atoms with Gasteiger partial charge in [-0.25, -0.2) is 0 Å². The van der Waals surface area contributed by atoms with Crippen molar-refractivity contribution in [2.24, 2.45) is 0 Å². The van der Waals surface area contributed by atoms with Crippen molar-refractivity contribution >= 4 is 0 Å². The largest absolute Gasteiger partial charge is 0.347 e. The standard InChI is InChI=1S/C18H36O2/c1-4-7-10-13-16-17(14-11-8-5-2)20-18(19-16)15-12-9-6-3/h16-18H,4-15H2,1-3H3/t16-,17+,18?. The molecule has 0 amide bonds. The number of ether oxygens (including phenoxy) is 2. The molecule has 0 aromatic heterocycles. The van der Waals surface area contributed by atoms with Gasteiger partial charge in [-0.2, -0.15) is 0 Å². The van der Waals surface area contributed by atoms with Gasteiger partial charge in [0.05, 0.1) is 12.2 Å². The monoisotopic (exact) mass is 284 g/mol. The SMILES string of the molecule is CCCCCC1O[C@@H](CCCCC)[C@@H](CCCCC)O1. The molecule has 1 aliphatic rings. The van der Waals surface area contributed by atoms with Crippen LogP contribution < -0.4 is 0 Å². The number of hydrogen-bond donors (Lipinski definition) is 0. The van der Waals surface area contributed by atoms with Crippen molar-refractivity contribution in [1.82, 2.24) is 0 Å². The lowest BCUT2D eigenvalue weighted by Gasteiger charge is -2.16. The van der Waals surface area contributed by atoms with E-state index in [1.165, 1.54) is 70.6 Å². The van der Waals surface area contributed by atoms with Gasteiger partial charge in [-0.1, -0.05) is 72.1 Å². The molecule has 2 nitrogen and oxygen atoms in total. The van der Waals surface area contributed by atoms with E-state index in [1.807, 2.05) is 0 Å². The molecule has 1 fully saturated rings. The van der Waals surface area contributed by atoms with Crippen molar-refractivity contribution in [3.8, 4) is 0 Å². The number of rotatable bonds is 12. The molecule has 0 aromatic rings. The Hall–Kier alpha value is -0.0800. The molecule has 0 aromatic carbocycles. The zero-order valence-electron chi connectivity index (χ0n) is 14.0. The molecule has 1 aliphatic heterocycles. The van der Waals surface area contributed by atoms with Crippen LogP contribution in [0.4, 0.5) is 0 Å². The maximum absolute atomic E-state index is 6.18. The van der Waals surface area contributed by atoms with Crippen LogP contribution in [-0.2, 0) is 9.47 Å². The Kier molecular flexibility index (Phi) is 10.4. The summed E-state index contributed by atoms with van der Waals surface area (Å²) < 4.78 is 12.4. The van der Waals surface area contributed by atoms with Crippen molar-refractivity contribution < 1.29 is 9.47 Å². The van der Waals surface area contributed by atoms with Gasteiger partial charge in [-0.05, 0) is 25.7 Å². The highest BCUT2D eigenvalue weighted by Crippen LogP contribution is 2.29. The zero-order chi connectivity index (χ0) is 14.6. The molecule has 20 heavy (non-hydrogen) atoms. The topological polar surface area (TPSA) is 18.5 Å². The Labute approximate surface area is 126 Å². The fraction of sp³-hybridized carbons (Fsp3) is 1.00. The lowest BCUT2D eigenvalue weighted by Crippen LogP contribution is -2.22. The van der Waals surface area contributed by atoms with Gasteiger partial charge in [0.15, 0.2) is 6.29 Å². The van der Waals surface area contributed by atoms with Gasteiger partial charge < -0.3 is 9.47 Å². The average Bonchev–Trinajstić information content (AvgIpc) is 2.82. The highest BCUT2D eigenvalue weighted by Gasteiger charge is 2.34. The molecule has 1 heterocycles. The van der Waals surface area contributed by atoms with Gasteiger partial charge in [-0.3, -0.25) is 0 Å². The molecular weight excluding hydrogens is 248 g/mol. The Morgan fingerprint density at radius 2 is 0.950 bits per heavy atom. The Morgan fingerprint density at radius 1 is 0.550 bits per heavy atom. The summed E-state index contributed by atoms with van der Waals surface area (Å²) >= 11 is 0. The lowest BCUT2D eigenvalue weighted by molar-refractivity contribution is -0.0729. The Morgan fingerprint density at radius 3 is 1.35 bits per heavy atom. The zero-order valence-corrected chi connectivity index (χ0v) is 14.0. The summed E-state index contributed by atoms with van der Waals surface area (Å²) in [6.07, 6.45) is 15.9. The highest BCUT2D eigenvalue weighted by molar-refractivity contribution is 4.78. The predicted molar refractivity (Wildman–Crippen MR) is 86.0 cm³/mol. The fourth-order valence-corrected chi connectivity index (χ4v) is 2.99. The third-order valence-electron chi connectivity index (χ3n) is 4.30. The molecule has 0 spiro atoms. The molecule has 1 saturated heterocycles. The van der Waals surface area contributed by atoms with Crippen molar-refractivity contribution in [2.75, 3.05) is 0 Å². The molecule has 0 saturated carbocycles. The van der Waals surface area contributed by atoms with E-state index in [-0.39, 0.29) is 6.29 Å². The van der Waals surface area contributed by atoms with Gasteiger partial charge in [-0.15, -0.1) is 0 Å². The van der Waals surface area contributed by atoms with E-state index in [2.05, 4.69) is 20.8 Å². The first-order valence-corrected chi connectivity index (χ1v) is 9.12. The lowest BCUT2D eigenvalue weighted by atomic mass is 10.0. The second-order valence-electron chi connectivity index (χ2n) is 6.27. The summed E-state index contributed by atoms with van der Waals surface area (Å²) in [6.45, 7) is 6.77. The summed E-state index contributed by atoms with van der Waals surface area (Å²) in [4.78, 5) is 0. The quantitative estimate of drug-likeness (QED) is 0.419. The first-order chi connectivity index (χ1) is 9.81. The second-order valence-corrected chi connectivity index (χ2v) is 6.27. The van der Waals surface area contributed by atoms with Crippen LogP contribution in [0.2, 0.25) is 0 Å². The predicted octanol–water partition coefficient (Wildman–Crippen LogP) is 5.84. The van der Waals surface area contributed by atoms with Crippen LogP contribution in [0, 0.1) is 0 Å². The van der Waals surface area contributed by atoms with E-state index in [0.717, 1.165) is 6.42 Å². The van der Waals surface area contributed by atoms with Crippen LogP contribution in [-0.4, -0.2) is 18.5 Å². The minimum atomic E-state index is 0.0832. The number of unbranched alkanes of at least 4 members (excludes halogenated alkanes) is 6. The van der Waals surface area contributed by atoms with Gasteiger partial charge in [0.25, 0.3) is 0 Å². The average molecular weight is 284 g/mol. The summed E-state index contributed by atoms with van der Waals surface area (Å²) in [6, 6.07) is 0. The molecule has 0 aliphatic carbocycles. The molecule has 2 heteroatoms. The van der Waals surface area contributed by atoms with Crippen LogP contribution in [0.25, 0.3) is 0 Å². The van der Waals surface area contributed by atoms with Crippen molar-refractivity contribution in [3.05, 3.63) is 0 Å². The minimum Gasteiger partial charge on any atom is -0.347 e. The summed E-state index contributed by atoms with van der Waals surface area (Å²) in [7, 11) is 0. The third-order valence-corrected chi connectivity index (χ3v) is 4.30. The number of hydrogen-bond acceptors (Lipinski definition) is 2. The van der Waals surface area contributed by atoms with Gasteiger partial charge in [0.1, 0.15) is 0 Å². The van der Waals surface area contributed by atoms with E-state index in [1.54, 1.807) is 0 Å². The first kappa shape index (κ1) is 18.0. The Balaban J connectivity index is 2.31. The van der Waals surface area contributed by atoms with Crippen LogP contribution in [0.3, 0.4) is 0 Å². The minimum absolute atomic E-state index is 0.0832. The first-order valence-electron chi connectivity index (χ1n) is 9.12. The van der Waals surface area contributed by atoms with Gasteiger partial charge in [0, 0.05) is 0 Å². The van der Waals surface area contributed by atoms with Crippen LogP contribution in [0.15, 0.2) is 0 Å². The van der Waals surface area contributed by atoms with Crippen molar-refractivity contribution in [2.45, 2.75) is 116 Å². The van der Waals surface area contributed by atoms with Crippen molar-refractivity contribution in [1.29, 1.82) is 0 Å². The van der Waals surface area contributed by atoms with E-state index in [0.29, 0.717) is 12.2 Å². The van der Waals surface area contributed by atoms with E-state index >= 15 is 0 Å². The van der Waals surface area contributed by atoms with Crippen molar-refractivity contribution in [3.63, 3.8) is 0 Å². The Bertz CT molecular complexity index is 199. The maximum atomic E-state index is 6.18. The van der Waals surface area contributed by atoms with Crippen LogP contribution >= 0.6 is 0 Å². The normalized spacial score (nSPS) is 26.2. The van der Waals surface area contributed by atoms with Gasteiger partial charge in [0.2, 0.25) is 0 Å². The van der Waals surface area contributed by atoms with E-state index in [4.69, 9.17) is 9.47 Å². The molecule has 1 unspecified atom stereocenters. The summed E-state index contributed by atoms with van der Waals surface area (Å²) in [5.41, 5.74) is 0. The molecule has 0 radical (unpaired) electrons. The molecule has 3 atom stereocenters. The van der Waals surface area contributed by atoms with E-state index < -0.39 is 0 Å². The van der Waals surface area contributed by atoms with Gasteiger partial charge >= 0.3 is 0 Å². The second kappa shape index (κ2) is 11.6. The van der Waals surface area contributed by atoms with Crippen LogP contribution in [0.1, 0.15) is 97.8 Å². The molecule has 1 rings (SSSR count). The maximum Gasteiger partial charge on any atom is 0.158 e. The highest BCUT2D eigenvalue weighted by atomic mass is 16.7. The molecular formula is C18H36O2.